The van der Waals surface area contributed by atoms with E-state index in [1.54, 1.807) is 13.0 Å². The molecule has 0 aliphatic rings. The fourth-order valence-electron chi connectivity index (χ4n) is 1.92. The van der Waals surface area contributed by atoms with Crippen LogP contribution in [0.4, 0.5) is 18.9 Å². The quantitative estimate of drug-likeness (QED) is 0.871. The minimum atomic E-state index is -4.41. The van der Waals surface area contributed by atoms with Crippen LogP contribution in [0.15, 0.2) is 18.2 Å². The van der Waals surface area contributed by atoms with Crippen LogP contribution in [-0.4, -0.2) is 31.4 Å². The number of halogens is 3. The molecule has 6 heteroatoms. The number of nitrogens with one attached hydrogen (secondary N) is 1. The molecule has 21 heavy (non-hydrogen) atoms. The van der Waals surface area contributed by atoms with Gasteiger partial charge in [-0.1, -0.05) is 6.92 Å². The summed E-state index contributed by atoms with van der Waals surface area (Å²) in [5, 5.41) is 2.49. The first-order chi connectivity index (χ1) is 9.72. The van der Waals surface area contributed by atoms with Crippen molar-refractivity contribution in [2.45, 2.75) is 32.4 Å². The van der Waals surface area contributed by atoms with Crippen molar-refractivity contribution in [3.05, 3.63) is 29.3 Å². The molecular formula is C15H21F3N2O. The second-order valence-electron chi connectivity index (χ2n) is 5.22. The first kappa shape index (κ1) is 17.5. The number of anilines is 1. The number of nitrogens with zero attached hydrogens (tertiary/aromatic N) is 1. The summed E-state index contributed by atoms with van der Waals surface area (Å²) >= 11 is 0. The summed E-state index contributed by atoms with van der Waals surface area (Å²) in [7, 11) is 3.83. The number of carbonyl (C=O) groups is 1. The number of hydrogen-bond acceptors (Lipinski definition) is 2. The molecule has 0 spiro atoms. The highest BCUT2D eigenvalue weighted by Crippen LogP contribution is 2.32. The Morgan fingerprint density at radius 2 is 1.90 bits per heavy atom. The fourth-order valence-corrected chi connectivity index (χ4v) is 1.92. The van der Waals surface area contributed by atoms with E-state index in [4.69, 9.17) is 0 Å². The number of aryl methyl sites for hydroxylation is 1. The molecule has 0 atom stereocenters. The van der Waals surface area contributed by atoms with Crippen molar-refractivity contribution in [3.8, 4) is 0 Å². The maximum atomic E-state index is 12.9. The molecule has 1 aromatic rings. The van der Waals surface area contributed by atoms with Crippen LogP contribution in [0.2, 0.25) is 0 Å². The Labute approximate surface area is 123 Å². The summed E-state index contributed by atoms with van der Waals surface area (Å²) in [4.78, 5) is 13.3. The lowest BCUT2D eigenvalue weighted by Gasteiger charge is -2.14. The summed E-state index contributed by atoms with van der Waals surface area (Å²) < 4.78 is 38.7. The summed E-state index contributed by atoms with van der Waals surface area (Å²) in [5.41, 5.74) is 0.0610. The van der Waals surface area contributed by atoms with Crippen molar-refractivity contribution in [1.29, 1.82) is 0 Å². The molecule has 1 aromatic carbocycles. The van der Waals surface area contributed by atoms with Gasteiger partial charge in [0.25, 0.3) is 0 Å². The number of rotatable bonds is 6. The van der Waals surface area contributed by atoms with Gasteiger partial charge in [0, 0.05) is 12.1 Å². The van der Waals surface area contributed by atoms with Gasteiger partial charge in [0.15, 0.2) is 0 Å². The molecule has 1 N–H and O–H groups in total. The molecule has 1 rings (SSSR count). The van der Waals surface area contributed by atoms with E-state index in [1.165, 1.54) is 0 Å². The molecular weight excluding hydrogens is 281 g/mol. The predicted molar refractivity (Wildman–Crippen MR) is 77.2 cm³/mol. The Morgan fingerprint density at radius 1 is 1.24 bits per heavy atom. The van der Waals surface area contributed by atoms with Crippen LogP contribution >= 0.6 is 0 Å². The van der Waals surface area contributed by atoms with Gasteiger partial charge in [0.05, 0.1) is 5.56 Å². The van der Waals surface area contributed by atoms with Gasteiger partial charge < -0.3 is 10.2 Å². The van der Waals surface area contributed by atoms with E-state index in [1.807, 2.05) is 19.0 Å². The molecule has 0 saturated carbocycles. The fraction of sp³-hybridized carbons (Fsp3) is 0.533. The standard InChI is InChI=1S/C15H21F3N2O/c1-4-14(21)19-13-9-11(6-5-7-20(2)3)8-12(10-13)15(16,17)18/h8-10H,4-7H2,1-3H3,(H,19,21). The van der Waals surface area contributed by atoms with Crippen LogP contribution in [0, 0.1) is 0 Å². The average molecular weight is 302 g/mol. The molecule has 3 nitrogen and oxygen atoms in total. The summed E-state index contributed by atoms with van der Waals surface area (Å²) in [6, 6.07) is 3.73. The first-order valence-electron chi connectivity index (χ1n) is 6.88. The number of amides is 1. The van der Waals surface area contributed by atoms with E-state index in [2.05, 4.69) is 5.32 Å². The topological polar surface area (TPSA) is 32.3 Å². The zero-order valence-electron chi connectivity index (χ0n) is 12.5. The van der Waals surface area contributed by atoms with E-state index < -0.39 is 11.7 Å². The van der Waals surface area contributed by atoms with E-state index in [0.717, 1.165) is 25.1 Å². The predicted octanol–water partition coefficient (Wildman–Crippen LogP) is 3.55. The second kappa shape index (κ2) is 7.45. The van der Waals surface area contributed by atoms with Crippen molar-refractivity contribution >= 4 is 11.6 Å². The van der Waals surface area contributed by atoms with Gasteiger partial charge in [0.2, 0.25) is 5.91 Å². The van der Waals surface area contributed by atoms with Crippen LogP contribution in [0.25, 0.3) is 0 Å². The van der Waals surface area contributed by atoms with Crippen LogP contribution < -0.4 is 5.32 Å². The highest BCUT2D eigenvalue weighted by molar-refractivity contribution is 5.90. The van der Waals surface area contributed by atoms with Crippen LogP contribution in [0.5, 0.6) is 0 Å². The third-order valence-electron chi connectivity index (χ3n) is 3.00. The van der Waals surface area contributed by atoms with Crippen molar-refractivity contribution in [2.75, 3.05) is 26.0 Å². The third kappa shape index (κ3) is 6.16. The summed E-state index contributed by atoms with van der Waals surface area (Å²) in [5.74, 6) is -0.298. The Hall–Kier alpha value is -1.56. The summed E-state index contributed by atoms with van der Waals surface area (Å²) in [6.07, 6.45) is -2.89. The monoisotopic (exact) mass is 302 g/mol. The Bertz CT molecular complexity index is 484. The number of benzene rings is 1. The van der Waals surface area contributed by atoms with Gasteiger partial charge in [-0.3, -0.25) is 4.79 Å². The van der Waals surface area contributed by atoms with E-state index in [0.29, 0.717) is 12.0 Å². The zero-order valence-corrected chi connectivity index (χ0v) is 12.5. The van der Waals surface area contributed by atoms with E-state index in [-0.39, 0.29) is 18.0 Å². The second-order valence-corrected chi connectivity index (χ2v) is 5.22. The van der Waals surface area contributed by atoms with Gasteiger partial charge in [-0.2, -0.15) is 13.2 Å². The minimum absolute atomic E-state index is 0.205. The van der Waals surface area contributed by atoms with Gasteiger partial charge in [-0.15, -0.1) is 0 Å². The highest BCUT2D eigenvalue weighted by atomic mass is 19.4. The molecule has 0 radical (unpaired) electrons. The average Bonchev–Trinajstić information content (AvgIpc) is 2.36. The molecule has 0 aliphatic heterocycles. The normalized spacial score (nSPS) is 11.8. The van der Waals surface area contributed by atoms with Gasteiger partial charge in [0.1, 0.15) is 0 Å². The number of carbonyl (C=O) groups excluding carboxylic acids is 1. The molecule has 0 bridgehead atoms. The largest absolute Gasteiger partial charge is 0.416 e. The maximum Gasteiger partial charge on any atom is 0.416 e. The summed E-state index contributed by atoms with van der Waals surface area (Å²) in [6.45, 7) is 2.45. The molecule has 1 amide bonds. The number of alkyl halides is 3. The lowest BCUT2D eigenvalue weighted by Crippen LogP contribution is -2.14. The van der Waals surface area contributed by atoms with Gasteiger partial charge >= 0.3 is 6.18 Å². The van der Waals surface area contributed by atoms with Gasteiger partial charge in [-0.05, 0) is 57.2 Å². The highest BCUT2D eigenvalue weighted by Gasteiger charge is 2.31. The Morgan fingerprint density at radius 3 is 2.43 bits per heavy atom. The van der Waals surface area contributed by atoms with Crippen molar-refractivity contribution < 1.29 is 18.0 Å². The zero-order chi connectivity index (χ0) is 16.0. The SMILES string of the molecule is CCC(=O)Nc1cc(CCCN(C)C)cc(C(F)(F)F)c1. The van der Waals surface area contributed by atoms with Crippen LogP contribution in [0.3, 0.4) is 0 Å². The van der Waals surface area contributed by atoms with Crippen molar-refractivity contribution in [2.24, 2.45) is 0 Å². The van der Waals surface area contributed by atoms with Crippen LogP contribution in [0.1, 0.15) is 30.9 Å². The van der Waals surface area contributed by atoms with Crippen LogP contribution in [-0.2, 0) is 17.4 Å². The molecule has 0 fully saturated rings. The molecule has 118 valence electrons. The minimum Gasteiger partial charge on any atom is -0.326 e. The van der Waals surface area contributed by atoms with E-state index in [9.17, 15) is 18.0 Å². The molecule has 0 saturated heterocycles. The van der Waals surface area contributed by atoms with Crippen molar-refractivity contribution in [1.82, 2.24) is 4.90 Å². The van der Waals surface area contributed by atoms with Crippen molar-refractivity contribution in [3.63, 3.8) is 0 Å². The maximum absolute atomic E-state index is 12.9. The molecule has 0 unspecified atom stereocenters. The first-order valence-corrected chi connectivity index (χ1v) is 6.88. The molecule has 0 aromatic heterocycles. The molecule has 0 aliphatic carbocycles. The Kier molecular flexibility index (Phi) is 6.20. The lowest BCUT2D eigenvalue weighted by atomic mass is 10.0. The lowest BCUT2D eigenvalue weighted by molar-refractivity contribution is -0.137. The molecule has 0 heterocycles. The smallest absolute Gasteiger partial charge is 0.326 e. The van der Waals surface area contributed by atoms with E-state index >= 15 is 0 Å². The third-order valence-corrected chi connectivity index (χ3v) is 3.00. The van der Waals surface area contributed by atoms with Gasteiger partial charge in [-0.25, -0.2) is 0 Å². The Balaban J connectivity index is 2.95. The number of hydrogen-bond donors (Lipinski definition) is 1.